The average molecular weight is 453 g/mol. The fourth-order valence-electron chi connectivity index (χ4n) is 3.61. The number of amides is 1. The Bertz CT molecular complexity index is 1040. The quantitative estimate of drug-likeness (QED) is 0.488. The summed E-state index contributed by atoms with van der Waals surface area (Å²) >= 11 is 0. The van der Waals surface area contributed by atoms with Gasteiger partial charge in [-0.15, -0.1) is 0 Å². The van der Waals surface area contributed by atoms with Gasteiger partial charge in [-0.3, -0.25) is 10.0 Å². The molecule has 0 aliphatic carbocycles. The maximum atomic E-state index is 13.3. The second-order valence-electron chi connectivity index (χ2n) is 7.24. The van der Waals surface area contributed by atoms with Crippen LogP contribution in [-0.4, -0.2) is 50.7 Å². The summed E-state index contributed by atoms with van der Waals surface area (Å²) in [4.78, 5) is 12.2. The first-order chi connectivity index (χ1) is 14.7. The van der Waals surface area contributed by atoms with Gasteiger partial charge in [0.15, 0.2) is 15.4 Å². The maximum absolute atomic E-state index is 13.3. The minimum atomic E-state index is -4.01. The minimum absolute atomic E-state index is 0.0168. The van der Waals surface area contributed by atoms with Crippen molar-refractivity contribution < 1.29 is 37.0 Å². The van der Waals surface area contributed by atoms with Crippen LogP contribution in [0.3, 0.4) is 0 Å². The average Bonchev–Trinajstić information content (AvgIpc) is 2.78. The summed E-state index contributed by atoms with van der Waals surface area (Å²) < 4.78 is 56.0. The molecule has 2 aromatic rings. The number of aryl methyl sites for hydroxylation is 1. The molecular formula is C21H24FNO7S. The number of hydrogen-bond acceptors (Lipinski definition) is 7. The van der Waals surface area contributed by atoms with Crippen LogP contribution < -0.4 is 10.2 Å². The van der Waals surface area contributed by atoms with E-state index in [0.717, 1.165) is 11.1 Å². The van der Waals surface area contributed by atoms with Gasteiger partial charge in [-0.25, -0.2) is 18.3 Å². The van der Waals surface area contributed by atoms with Crippen LogP contribution in [0.1, 0.15) is 17.5 Å². The first kappa shape index (κ1) is 23.1. The Hall–Kier alpha value is -2.53. The molecule has 1 heterocycles. The highest BCUT2D eigenvalue weighted by molar-refractivity contribution is 7.92. The van der Waals surface area contributed by atoms with Gasteiger partial charge < -0.3 is 14.2 Å². The number of ether oxygens (including phenoxy) is 3. The number of carbonyl (C=O) groups excluding carboxylic acids is 1. The van der Waals surface area contributed by atoms with Crippen molar-refractivity contribution in [2.45, 2.75) is 35.7 Å². The van der Waals surface area contributed by atoms with Gasteiger partial charge >= 0.3 is 0 Å². The Morgan fingerprint density at radius 3 is 2.61 bits per heavy atom. The molecule has 2 N–H and O–H groups in total. The number of methoxy groups -OCH3 is 1. The van der Waals surface area contributed by atoms with Crippen molar-refractivity contribution in [3.63, 3.8) is 0 Å². The standard InChI is InChI=1S/C21H24FNO7S/c1-14-11-16(22)4-3-15(14)12-30-17-5-7-18(8-6-17)31(26,27)19-9-10-29-13-21(19,28-2)20(24)23-25/h3-8,11,19,25H,9-10,12-13H2,1-2H3,(H,23,24). The first-order valence-electron chi connectivity index (χ1n) is 9.54. The van der Waals surface area contributed by atoms with Gasteiger partial charge in [0.05, 0.1) is 11.5 Å². The molecule has 10 heteroatoms. The number of nitrogens with one attached hydrogen (secondary N) is 1. The van der Waals surface area contributed by atoms with Crippen molar-refractivity contribution in [2.75, 3.05) is 20.3 Å². The Morgan fingerprint density at radius 2 is 2.00 bits per heavy atom. The fraction of sp³-hybridized carbons (Fsp3) is 0.381. The molecule has 1 fully saturated rings. The van der Waals surface area contributed by atoms with Crippen molar-refractivity contribution in [3.8, 4) is 5.75 Å². The SMILES string of the molecule is COC1(C(=O)NO)COCCC1S(=O)(=O)c1ccc(OCc2ccc(F)cc2C)cc1. The molecule has 0 bridgehead atoms. The van der Waals surface area contributed by atoms with E-state index in [9.17, 15) is 17.6 Å². The number of hydroxylamine groups is 1. The summed E-state index contributed by atoms with van der Waals surface area (Å²) in [6, 6.07) is 10.2. The van der Waals surface area contributed by atoms with Crippen molar-refractivity contribution in [1.82, 2.24) is 5.48 Å². The van der Waals surface area contributed by atoms with E-state index in [2.05, 4.69) is 0 Å². The number of hydrogen-bond donors (Lipinski definition) is 2. The van der Waals surface area contributed by atoms with E-state index < -0.39 is 26.6 Å². The van der Waals surface area contributed by atoms with Crippen LogP contribution in [0, 0.1) is 12.7 Å². The van der Waals surface area contributed by atoms with Gasteiger partial charge in [-0.05, 0) is 60.9 Å². The van der Waals surface area contributed by atoms with Crippen LogP contribution in [0.25, 0.3) is 0 Å². The van der Waals surface area contributed by atoms with Gasteiger partial charge in [0.1, 0.15) is 23.4 Å². The van der Waals surface area contributed by atoms with E-state index in [1.54, 1.807) is 13.0 Å². The van der Waals surface area contributed by atoms with E-state index in [1.165, 1.54) is 49.0 Å². The van der Waals surface area contributed by atoms with Crippen LogP contribution >= 0.6 is 0 Å². The molecule has 31 heavy (non-hydrogen) atoms. The van der Waals surface area contributed by atoms with Gasteiger partial charge in [0, 0.05) is 13.7 Å². The lowest BCUT2D eigenvalue weighted by Gasteiger charge is -2.39. The molecule has 1 aliphatic heterocycles. The predicted octanol–water partition coefficient (Wildman–Crippen LogP) is 2.17. The van der Waals surface area contributed by atoms with Crippen molar-refractivity contribution in [3.05, 3.63) is 59.4 Å². The van der Waals surface area contributed by atoms with Crippen LogP contribution in [0.5, 0.6) is 5.75 Å². The number of benzene rings is 2. The van der Waals surface area contributed by atoms with E-state index in [-0.39, 0.29) is 37.0 Å². The Balaban J connectivity index is 1.80. The van der Waals surface area contributed by atoms with Crippen LogP contribution in [0.15, 0.2) is 47.4 Å². The number of rotatable bonds is 7. The smallest absolute Gasteiger partial charge is 0.279 e. The third kappa shape index (κ3) is 4.57. The molecule has 1 amide bonds. The van der Waals surface area contributed by atoms with E-state index >= 15 is 0 Å². The van der Waals surface area contributed by atoms with Crippen molar-refractivity contribution in [1.29, 1.82) is 0 Å². The monoisotopic (exact) mass is 453 g/mol. The van der Waals surface area contributed by atoms with Gasteiger partial charge in [-0.2, -0.15) is 0 Å². The third-order valence-corrected chi connectivity index (χ3v) is 7.73. The van der Waals surface area contributed by atoms with Crippen LogP contribution in [0.2, 0.25) is 0 Å². The zero-order chi connectivity index (χ0) is 22.6. The topological polar surface area (TPSA) is 111 Å². The van der Waals surface area contributed by atoms with Gasteiger partial charge in [0.25, 0.3) is 5.91 Å². The third-order valence-electron chi connectivity index (χ3n) is 5.44. The molecule has 3 rings (SSSR count). The Kier molecular flexibility index (Phi) is 6.95. The molecule has 1 aliphatic rings. The maximum Gasteiger partial charge on any atom is 0.279 e. The lowest BCUT2D eigenvalue weighted by atomic mass is 9.95. The highest BCUT2D eigenvalue weighted by Gasteiger charge is 2.55. The van der Waals surface area contributed by atoms with Crippen LogP contribution in [-0.2, 0) is 30.7 Å². The van der Waals surface area contributed by atoms with Crippen molar-refractivity contribution in [2.24, 2.45) is 0 Å². The molecule has 0 saturated carbocycles. The van der Waals surface area contributed by atoms with E-state index in [1.807, 2.05) is 0 Å². The summed E-state index contributed by atoms with van der Waals surface area (Å²) in [5.74, 6) is -0.885. The molecule has 2 unspecified atom stereocenters. The molecular weight excluding hydrogens is 429 g/mol. The minimum Gasteiger partial charge on any atom is -0.489 e. The molecule has 168 valence electrons. The number of carbonyl (C=O) groups is 1. The zero-order valence-electron chi connectivity index (χ0n) is 17.1. The van der Waals surface area contributed by atoms with Gasteiger partial charge in [0.2, 0.25) is 0 Å². The summed E-state index contributed by atoms with van der Waals surface area (Å²) in [5, 5.41) is 7.84. The second-order valence-corrected chi connectivity index (χ2v) is 9.37. The Labute approximate surface area is 179 Å². The Morgan fingerprint density at radius 1 is 1.29 bits per heavy atom. The molecule has 8 nitrogen and oxygen atoms in total. The summed E-state index contributed by atoms with van der Waals surface area (Å²) in [6.45, 7) is 1.79. The fourth-order valence-corrected chi connectivity index (χ4v) is 5.63. The van der Waals surface area contributed by atoms with Crippen molar-refractivity contribution >= 4 is 15.7 Å². The number of halogens is 1. The molecule has 2 aromatic carbocycles. The second kappa shape index (κ2) is 9.31. The highest BCUT2D eigenvalue weighted by Crippen LogP contribution is 2.34. The summed E-state index contributed by atoms with van der Waals surface area (Å²) in [6.07, 6.45) is 0.0195. The van der Waals surface area contributed by atoms with Gasteiger partial charge in [-0.1, -0.05) is 6.07 Å². The zero-order valence-corrected chi connectivity index (χ0v) is 17.9. The highest BCUT2D eigenvalue weighted by atomic mass is 32.2. The molecule has 2 atom stereocenters. The summed E-state index contributed by atoms with van der Waals surface area (Å²) in [7, 11) is -2.81. The predicted molar refractivity (Wildman–Crippen MR) is 108 cm³/mol. The van der Waals surface area contributed by atoms with Crippen LogP contribution in [0.4, 0.5) is 4.39 Å². The summed E-state index contributed by atoms with van der Waals surface area (Å²) in [5.41, 5.74) is 1.16. The first-order valence-corrected chi connectivity index (χ1v) is 11.1. The lowest BCUT2D eigenvalue weighted by Crippen LogP contribution is -2.63. The van der Waals surface area contributed by atoms with E-state index in [4.69, 9.17) is 19.4 Å². The normalized spacial score (nSPS) is 21.5. The molecule has 0 spiro atoms. The largest absolute Gasteiger partial charge is 0.489 e. The lowest BCUT2D eigenvalue weighted by molar-refractivity contribution is -0.167. The molecule has 0 radical (unpaired) electrons. The molecule has 0 aromatic heterocycles. The van der Waals surface area contributed by atoms with E-state index in [0.29, 0.717) is 5.75 Å². The number of sulfone groups is 1. The molecule has 1 saturated heterocycles.